The third-order valence-corrected chi connectivity index (χ3v) is 2.23. The molecular formula is C9H7F3N2O2. The largest absolute Gasteiger partial charge is 0.482 e. The van der Waals surface area contributed by atoms with Crippen LogP contribution in [0.2, 0.25) is 0 Å². The fourth-order valence-corrected chi connectivity index (χ4v) is 1.39. The number of fused-ring (bicyclic) bond motifs is 1. The molecule has 1 aromatic carbocycles. The van der Waals surface area contributed by atoms with Gasteiger partial charge in [-0.25, -0.2) is 4.39 Å². The van der Waals surface area contributed by atoms with Crippen LogP contribution in [0.4, 0.5) is 24.5 Å². The Morgan fingerprint density at radius 3 is 2.69 bits per heavy atom. The molecule has 1 aliphatic rings. The molecule has 0 saturated heterocycles. The summed E-state index contributed by atoms with van der Waals surface area (Å²) in [6, 6.07) is 1.79. The van der Waals surface area contributed by atoms with Gasteiger partial charge >= 0.3 is 12.0 Å². The van der Waals surface area contributed by atoms with Gasteiger partial charge in [0.1, 0.15) is 5.82 Å². The average molecular weight is 232 g/mol. The normalized spacial score (nSPS) is 18.0. The lowest BCUT2D eigenvalue weighted by molar-refractivity contribution is -0.192. The lowest BCUT2D eigenvalue weighted by atomic mass is 10.2. The number of nitrogen functional groups attached to an aromatic ring is 1. The maximum atomic E-state index is 13.0. The Labute approximate surface area is 88.4 Å². The second-order valence-electron chi connectivity index (χ2n) is 3.32. The van der Waals surface area contributed by atoms with Crippen LogP contribution in [-0.2, 0) is 4.79 Å². The Balaban J connectivity index is 2.60. The number of carbonyl (C=O) groups is 1. The van der Waals surface area contributed by atoms with Gasteiger partial charge in [-0.05, 0) is 6.07 Å². The minimum absolute atomic E-state index is 0.00910. The van der Waals surface area contributed by atoms with Crippen LogP contribution in [0.3, 0.4) is 0 Å². The molecule has 2 N–H and O–H groups in total. The number of hydrogen-bond donors (Lipinski definition) is 1. The lowest BCUT2D eigenvalue weighted by Crippen LogP contribution is -2.49. The highest BCUT2D eigenvalue weighted by atomic mass is 19.3. The predicted molar refractivity (Wildman–Crippen MR) is 49.8 cm³/mol. The van der Waals surface area contributed by atoms with Crippen molar-refractivity contribution in [2.45, 2.75) is 6.11 Å². The summed E-state index contributed by atoms with van der Waals surface area (Å²) in [5.41, 5.74) is 5.03. The number of amides is 1. The molecule has 1 amide bonds. The van der Waals surface area contributed by atoms with Crippen molar-refractivity contribution in [2.24, 2.45) is 0 Å². The quantitative estimate of drug-likeness (QED) is 0.687. The van der Waals surface area contributed by atoms with Gasteiger partial charge in [0.2, 0.25) is 0 Å². The molecule has 0 unspecified atom stereocenters. The van der Waals surface area contributed by atoms with E-state index in [0.29, 0.717) is 4.90 Å². The van der Waals surface area contributed by atoms with Gasteiger partial charge in [0, 0.05) is 13.1 Å². The molecule has 0 bridgehead atoms. The summed E-state index contributed by atoms with van der Waals surface area (Å²) >= 11 is 0. The highest BCUT2D eigenvalue weighted by Gasteiger charge is 2.49. The van der Waals surface area contributed by atoms with Gasteiger partial charge in [0.05, 0.1) is 11.4 Å². The molecule has 1 aliphatic heterocycles. The second kappa shape index (κ2) is 3.03. The van der Waals surface area contributed by atoms with E-state index >= 15 is 0 Å². The first-order valence-corrected chi connectivity index (χ1v) is 4.27. The smallest absolute Gasteiger partial charge is 0.423 e. The Bertz CT molecular complexity index is 476. The standard InChI is InChI=1S/C9H7F3N2O2/c1-14-6-3-5(13)4(10)2-7(6)16-9(11,12)8(14)15/h2-3H,13H2,1H3. The fraction of sp³-hybridized carbons (Fsp3) is 0.222. The molecule has 0 radical (unpaired) electrons. The average Bonchev–Trinajstić information content (AvgIpc) is 2.18. The van der Waals surface area contributed by atoms with Crippen LogP contribution in [0, 0.1) is 5.82 Å². The zero-order valence-corrected chi connectivity index (χ0v) is 8.13. The Morgan fingerprint density at radius 1 is 1.44 bits per heavy atom. The van der Waals surface area contributed by atoms with Crippen LogP contribution in [0.15, 0.2) is 12.1 Å². The molecule has 7 heteroatoms. The van der Waals surface area contributed by atoms with Gasteiger partial charge in [-0.15, -0.1) is 0 Å². The first kappa shape index (κ1) is 10.6. The van der Waals surface area contributed by atoms with E-state index in [2.05, 4.69) is 4.74 Å². The van der Waals surface area contributed by atoms with E-state index in [-0.39, 0.29) is 11.4 Å². The Morgan fingerprint density at radius 2 is 2.06 bits per heavy atom. The summed E-state index contributed by atoms with van der Waals surface area (Å²) in [7, 11) is 1.13. The zero-order valence-electron chi connectivity index (χ0n) is 8.13. The number of alkyl halides is 2. The number of nitrogens with zero attached hydrogens (tertiary/aromatic N) is 1. The number of halogens is 3. The minimum Gasteiger partial charge on any atom is -0.423 e. The topological polar surface area (TPSA) is 55.6 Å². The summed E-state index contributed by atoms with van der Waals surface area (Å²) in [4.78, 5) is 11.8. The van der Waals surface area contributed by atoms with Crippen molar-refractivity contribution in [3.05, 3.63) is 17.9 Å². The van der Waals surface area contributed by atoms with Gasteiger partial charge < -0.3 is 15.4 Å². The SMILES string of the molecule is CN1C(=O)C(F)(F)Oc2cc(F)c(N)cc21. The molecule has 0 atom stereocenters. The van der Waals surface area contributed by atoms with E-state index in [9.17, 15) is 18.0 Å². The summed E-state index contributed by atoms with van der Waals surface area (Å²) in [6.07, 6.45) is -3.98. The van der Waals surface area contributed by atoms with Crippen molar-refractivity contribution in [2.75, 3.05) is 17.7 Å². The lowest BCUT2D eigenvalue weighted by Gasteiger charge is -2.31. The van der Waals surface area contributed by atoms with E-state index < -0.39 is 23.6 Å². The van der Waals surface area contributed by atoms with E-state index in [4.69, 9.17) is 5.73 Å². The predicted octanol–water partition coefficient (Wildman–Crippen LogP) is 1.36. The monoisotopic (exact) mass is 232 g/mol. The molecule has 0 spiro atoms. The molecule has 0 aromatic heterocycles. The number of nitrogens with two attached hydrogens (primary N) is 1. The molecule has 0 saturated carbocycles. The van der Waals surface area contributed by atoms with Crippen molar-refractivity contribution in [1.82, 2.24) is 0 Å². The number of hydrogen-bond acceptors (Lipinski definition) is 3. The molecule has 4 nitrogen and oxygen atoms in total. The molecule has 0 aliphatic carbocycles. The first-order chi connectivity index (χ1) is 7.33. The first-order valence-electron chi connectivity index (χ1n) is 4.27. The highest BCUT2D eigenvalue weighted by Crippen LogP contribution is 2.40. The third-order valence-electron chi connectivity index (χ3n) is 2.23. The zero-order chi connectivity index (χ0) is 12.1. The molecule has 2 rings (SSSR count). The van der Waals surface area contributed by atoms with Gasteiger partial charge in [0.15, 0.2) is 5.75 Å². The minimum atomic E-state index is -3.98. The van der Waals surface area contributed by atoms with Gasteiger partial charge in [0.25, 0.3) is 0 Å². The van der Waals surface area contributed by atoms with Crippen LogP contribution >= 0.6 is 0 Å². The number of rotatable bonds is 0. The molecule has 0 fully saturated rings. The van der Waals surface area contributed by atoms with E-state index in [1.165, 1.54) is 0 Å². The van der Waals surface area contributed by atoms with Crippen LogP contribution < -0.4 is 15.4 Å². The number of carbonyl (C=O) groups excluding carboxylic acids is 1. The fourth-order valence-electron chi connectivity index (χ4n) is 1.39. The van der Waals surface area contributed by atoms with Crippen molar-refractivity contribution in [3.8, 4) is 5.75 Å². The number of likely N-dealkylation sites (N-methyl/N-ethyl adjacent to an activating group) is 1. The number of ether oxygens (including phenoxy) is 1. The van der Waals surface area contributed by atoms with Crippen LogP contribution in [0.1, 0.15) is 0 Å². The highest BCUT2D eigenvalue weighted by molar-refractivity contribution is 6.00. The van der Waals surface area contributed by atoms with Crippen LogP contribution in [0.25, 0.3) is 0 Å². The Kier molecular flexibility index (Phi) is 2.01. The van der Waals surface area contributed by atoms with Gasteiger partial charge in [-0.1, -0.05) is 0 Å². The molecular weight excluding hydrogens is 225 g/mol. The molecule has 1 heterocycles. The maximum absolute atomic E-state index is 13.0. The van der Waals surface area contributed by atoms with Crippen molar-refractivity contribution >= 4 is 17.3 Å². The van der Waals surface area contributed by atoms with Gasteiger partial charge in [-0.3, -0.25) is 4.79 Å². The summed E-state index contributed by atoms with van der Waals surface area (Å²) < 4.78 is 43.1. The third kappa shape index (κ3) is 1.36. The van der Waals surface area contributed by atoms with Crippen LogP contribution in [0.5, 0.6) is 5.75 Å². The molecule has 86 valence electrons. The van der Waals surface area contributed by atoms with E-state index in [0.717, 1.165) is 19.2 Å². The summed E-state index contributed by atoms with van der Waals surface area (Å²) in [6.45, 7) is 0. The van der Waals surface area contributed by atoms with Crippen molar-refractivity contribution in [1.29, 1.82) is 0 Å². The molecule has 16 heavy (non-hydrogen) atoms. The molecule has 1 aromatic rings. The number of anilines is 2. The van der Waals surface area contributed by atoms with Gasteiger partial charge in [-0.2, -0.15) is 8.78 Å². The van der Waals surface area contributed by atoms with Crippen molar-refractivity contribution in [3.63, 3.8) is 0 Å². The maximum Gasteiger partial charge on any atom is 0.482 e. The van der Waals surface area contributed by atoms with Crippen LogP contribution in [-0.4, -0.2) is 19.1 Å². The Hall–Kier alpha value is -1.92. The van der Waals surface area contributed by atoms with E-state index in [1.807, 2.05) is 0 Å². The second-order valence-corrected chi connectivity index (χ2v) is 3.32. The van der Waals surface area contributed by atoms with E-state index in [1.54, 1.807) is 0 Å². The number of benzene rings is 1. The summed E-state index contributed by atoms with van der Waals surface area (Å²) in [5.74, 6) is -2.82. The summed E-state index contributed by atoms with van der Waals surface area (Å²) in [5, 5.41) is 0. The van der Waals surface area contributed by atoms with Crippen molar-refractivity contribution < 1.29 is 22.7 Å².